The van der Waals surface area contributed by atoms with Gasteiger partial charge in [0.05, 0.1) is 5.75 Å². The first kappa shape index (κ1) is 18.0. The lowest BCUT2D eigenvalue weighted by Gasteiger charge is -2.22. The van der Waals surface area contributed by atoms with Crippen molar-refractivity contribution in [1.82, 2.24) is 4.90 Å². The summed E-state index contributed by atoms with van der Waals surface area (Å²) in [5.74, 6) is 0.138. The Morgan fingerprint density at radius 2 is 1.72 bits per heavy atom. The van der Waals surface area contributed by atoms with Crippen LogP contribution in [0.4, 0.5) is 0 Å². The Labute approximate surface area is 159 Å². The van der Waals surface area contributed by atoms with Gasteiger partial charge in [0.15, 0.2) is 0 Å². The number of thioether (sulfide) groups is 1. The number of primary amides is 1. The summed E-state index contributed by atoms with van der Waals surface area (Å²) in [6.45, 7) is 0.573. The Bertz CT molecular complexity index is 758. The lowest BCUT2D eigenvalue weighted by molar-refractivity contribution is -0.129. The highest BCUT2D eigenvalue weighted by atomic mass is 79.9. The van der Waals surface area contributed by atoms with Crippen LogP contribution in [0.3, 0.4) is 0 Å². The van der Waals surface area contributed by atoms with E-state index in [2.05, 4.69) is 15.9 Å². The van der Waals surface area contributed by atoms with Crippen LogP contribution < -0.4 is 5.73 Å². The second kappa shape index (κ2) is 8.06. The zero-order chi connectivity index (χ0) is 17.8. The number of rotatable bonds is 7. The van der Waals surface area contributed by atoms with Gasteiger partial charge in [-0.1, -0.05) is 28.1 Å². The number of hydrogen-bond acceptors (Lipinski definition) is 3. The highest BCUT2D eigenvalue weighted by Crippen LogP contribution is 2.30. The maximum atomic E-state index is 12.7. The molecule has 0 aromatic heterocycles. The molecule has 1 aliphatic carbocycles. The normalized spacial score (nSPS) is 13.5. The van der Waals surface area contributed by atoms with Gasteiger partial charge in [0, 0.05) is 27.5 Å². The van der Waals surface area contributed by atoms with Crippen molar-refractivity contribution in [3.8, 4) is 0 Å². The molecular formula is C19H19BrN2O2S. The van der Waals surface area contributed by atoms with E-state index in [0.29, 0.717) is 23.9 Å². The van der Waals surface area contributed by atoms with Crippen LogP contribution in [0.15, 0.2) is 57.9 Å². The summed E-state index contributed by atoms with van der Waals surface area (Å²) >= 11 is 4.97. The van der Waals surface area contributed by atoms with Gasteiger partial charge in [0.1, 0.15) is 0 Å². The third-order valence-corrected chi connectivity index (χ3v) is 5.60. The first-order chi connectivity index (χ1) is 12.0. The van der Waals surface area contributed by atoms with Crippen molar-refractivity contribution in [2.75, 3.05) is 5.75 Å². The number of hydrogen-bond donors (Lipinski definition) is 1. The summed E-state index contributed by atoms with van der Waals surface area (Å²) in [7, 11) is 0. The summed E-state index contributed by atoms with van der Waals surface area (Å²) in [5.41, 5.74) is 6.76. The molecule has 1 fully saturated rings. The van der Waals surface area contributed by atoms with Crippen molar-refractivity contribution < 1.29 is 9.59 Å². The molecule has 0 radical (unpaired) electrons. The summed E-state index contributed by atoms with van der Waals surface area (Å²) in [6.07, 6.45) is 2.13. The molecule has 6 heteroatoms. The van der Waals surface area contributed by atoms with Crippen molar-refractivity contribution >= 4 is 39.5 Å². The Kier molecular flexibility index (Phi) is 5.81. The number of amides is 2. The minimum atomic E-state index is -0.437. The highest BCUT2D eigenvalue weighted by molar-refractivity contribution is 9.10. The minimum absolute atomic E-state index is 0.148. The van der Waals surface area contributed by atoms with E-state index in [0.717, 1.165) is 27.8 Å². The van der Waals surface area contributed by atoms with Gasteiger partial charge in [-0.2, -0.15) is 0 Å². The lowest BCUT2D eigenvalue weighted by atomic mass is 10.1. The fourth-order valence-corrected chi connectivity index (χ4v) is 3.59. The fraction of sp³-hybridized carbons (Fsp3) is 0.263. The molecule has 4 nitrogen and oxygen atoms in total. The molecule has 0 unspecified atom stereocenters. The summed E-state index contributed by atoms with van der Waals surface area (Å²) < 4.78 is 1.03. The van der Waals surface area contributed by atoms with E-state index in [1.807, 2.05) is 41.3 Å². The number of nitrogens with zero attached hydrogens (tertiary/aromatic N) is 1. The second-order valence-corrected chi connectivity index (χ2v) is 8.02. The van der Waals surface area contributed by atoms with Gasteiger partial charge < -0.3 is 10.6 Å². The average Bonchev–Trinajstić information content (AvgIpc) is 3.44. The van der Waals surface area contributed by atoms with Gasteiger partial charge in [0.2, 0.25) is 11.8 Å². The van der Waals surface area contributed by atoms with Crippen molar-refractivity contribution in [3.63, 3.8) is 0 Å². The smallest absolute Gasteiger partial charge is 0.248 e. The predicted molar refractivity (Wildman–Crippen MR) is 103 cm³/mol. The standard InChI is InChI=1S/C19H19BrN2O2S/c20-15-5-9-17(10-6-15)25-12-18(23)22(16-7-8-16)11-13-1-3-14(4-2-13)19(21)24/h1-6,9-10,16H,7-8,11-12H2,(H2,21,24). The Balaban J connectivity index is 1.61. The monoisotopic (exact) mass is 418 g/mol. The first-order valence-corrected chi connectivity index (χ1v) is 9.87. The van der Waals surface area contributed by atoms with Gasteiger partial charge in [-0.05, 0) is 54.8 Å². The quantitative estimate of drug-likeness (QED) is 0.694. The van der Waals surface area contributed by atoms with E-state index in [4.69, 9.17) is 5.73 Å². The molecule has 0 atom stereocenters. The van der Waals surface area contributed by atoms with Crippen molar-refractivity contribution in [2.45, 2.75) is 30.3 Å². The largest absolute Gasteiger partial charge is 0.366 e. The molecule has 2 amide bonds. The predicted octanol–water partition coefficient (Wildman–Crippen LogP) is 3.83. The van der Waals surface area contributed by atoms with Gasteiger partial charge in [-0.25, -0.2) is 0 Å². The summed E-state index contributed by atoms with van der Waals surface area (Å²) in [6, 6.07) is 15.5. The van der Waals surface area contributed by atoms with Gasteiger partial charge >= 0.3 is 0 Å². The SMILES string of the molecule is NC(=O)c1ccc(CN(C(=O)CSc2ccc(Br)cc2)C2CC2)cc1. The highest BCUT2D eigenvalue weighted by Gasteiger charge is 2.32. The molecule has 3 rings (SSSR count). The zero-order valence-electron chi connectivity index (χ0n) is 13.7. The van der Waals surface area contributed by atoms with Crippen LogP contribution in [0, 0.1) is 0 Å². The van der Waals surface area contributed by atoms with Gasteiger partial charge in [-0.3, -0.25) is 9.59 Å². The number of nitrogens with two attached hydrogens (primary N) is 1. The van der Waals surface area contributed by atoms with E-state index in [1.54, 1.807) is 23.9 Å². The van der Waals surface area contributed by atoms with Crippen LogP contribution in [0.25, 0.3) is 0 Å². The molecule has 1 aliphatic rings. The number of benzene rings is 2. The topological polar surface area (TPSA) is 63.4 Å². The molecule has 2 N–H and O–H groups in total. The van der Waals surface area contributed by atoms with Crippen molar-refractivity contribution in [1.29, 1.82) is 0 Å². The van der Waals surface area contributed by atoms with Crippen LogP contribution in [0.1, 0.15) is 28.8 Å². The molecule has 2 aromatic rings. The maximum absolute atomic E-state index is 12.7. The molecule has 0 saturated heterocycles. The van der Waals surface area contributed by atoms with Crippen molar-refractivity contribution in [3.05, 3.63) is 64.1 Å². The van der Waals surface area contributed by atoms with Crippen LogP contribution in [-0.2, 0) is 11.3 Å². The molecule has 0 heterocycles. The van der Waals surface area contributed by atoms with Crippen LogP contribution in [0.5, 0.6) is 0 Å². The van der Waals surface area contributed by atoms with E-state index in [9.17, 15) is 9.59 Å². The van der Waals surface area contributed by atoms with Crippen LogP contribution in [-0.4, -0.2) is 28.5 Å². The van der Waals surface area contributed by atoms with E-state index >= 15 is 0 Å². The van der Waals surface area contributed by atoms with E-state index in [-0.39, 0.29) is 5.91 Å². The van der Waals surface area contributed by atoms with Crippen molar-refractivity contribution in [2.24, 2.45) is 5.73 Å². The lowest BCUT2D eigenvalue weighted by Crippen LogP contribution is -2.34. The number of carbonyl (C=O) groups is 2. The molecule has 2 aromatic carbocycles. The minimum Gasteiger partial charge on any atom is -0.366 e. The van der Waals surface area contributed by atoms with Crippen LogP contribution >= 0.6 is 27.7 Å². The molecule has 25 heavy (non-hydrogen) atoms. The fourth-order valence-electron chi connectivity index (χ4n) is 2.54. The molecule has 0 spiro atoms. The van der Waals surface area contributed by atoms with E-state index < -0.39 is 5.91 Å². The summed E-state index contributed by atoms with van der Waals surface area (Å²) in [5, 5.41) is 0. The number of halogens is 1. The molecule has 0 bridgehead atoms. The third-order valence-electron chi connectivity index (χ3n) is 4.08. The zero-order valence-corrected chi connectivity index (χ0v) is 16.1. The average molecular weight is 419 g/mol. The van der Waals surface area contributed by atoms with Gasteiger partial charge in [-0.15, -0.1) is 11.8 Å². The summed E-state index contributed by atoms with van der Waals surface area (Å²) in [4.78, 5) is 26.9. The molecule has 130 valence electrons. The molecular weight excluding hydrogens is 400 g/mol. The Morgan fingerprint density at radius 3 is 2.28 bits per heavy atom. The second-order valence-electron chi connectivity index (χ2n) is 6.06. The first-order valence-electron chi connectivity index (χ1n) is 8.09. The Morgan fingerprint density at radius 1 is 1.08 bits per heavy atom. The molecule has 1 saturated carbocycles. The van der Waals surface area contributed by atoms with Crippen LogP contribution in [0.2, 0.25) is 0 Å². The molecule has 0 aliphatic heterocycles. The maximum Gasteiger partial charge on any atom is 0.248 e. The van der Waals surface area contributed by atoms with E-state index in [1.165, 1.54) is 0 Å². The van der Waals surface area contributed by atoms with Gasteiger partial charge in [0.25, 0.3) is 0 Å². The Hall–Kier alpha value is -1.79. The third kappa shape index (κ3) is 5.09. The number of carbonyl (C=O) groups excluding carboxylic acids is 2.